The lowest BCUT2D eigenvalue weighted by atomic mass is 9.76. The van der Waals surface area contributed by atoms with Crippen molar-refractivity contribution < 1.29 is 5.11 Å². The molecule has 10 heterocycles. The molecule has 12 N–H and O–H groups in total. The lowest BCUT2D eigenvalue weighted by molar-refractivity contribution is 0.126. The summed E-state index contributed by atoms with van der Waals surface area (Å²) in [6, 6.07) is 4.38. The molecule has 10 aliphatic rings. The lowest BCUT2D eigenvalue weighted by Crippen LogP contribution is -2.36. The maximum atomic E-state index is 9.67. The molecule has 25 heteroatoms. The van der Waals surface area contributed by atoms with Gasteiger partial charge in [0, 0.05) is 78.8 Å². The zero-order valence-electron chi connectivity index (χ0n) is 70.0. The van der Waals surface area contributed by atoms with Crippen LogP contribution in [-0.4, -0.2) is 134 Å². The first kappa shape index (κ1) is 82.7. The van der Waals surface area contributed by atoms with E-state index >= 15 is 0 Å². The van der Waals surface area contributed by atoms with Gasteiger partial charge in [0.2, 0.25) is 0 Å². The summed E-state index contributed by atoms with van der Waals surface area (Å²) in [6.07, 6.45) is 50.4. The minimum atomic E-state index is -0.113. The Labute approximate surface area is 702 Å². The minimum Gasteiger partial charge on any atom is -0.393 e. The minimum absolute atomic E-state index is 0.113. The third-order valence-electron chi connectivity index (χ3n) is 27.6. The van der Waals surface area contributed by atoms with Gasteiger partial charge in [-0.05, 0) is 295 Å². The van der Waals surface area contributed by atoms with Gasteiger partial charge in [-0.2, -0.15) is 0 Å². The van der Waals surface area contributed by atoms with Gasteiger partial charge in [-0.3, -0.25) is 0 Å². The van der Waals surface area contributed by atoms with Crippen molar-refractivity contribution in [2.75, 3.05) is 40.7 Å². The molecule has 0 bridgehead atoms. The molecule has 5 fully saturated rings. The van der Waals surface area contributed by atoms with E-state index in [0.717, 1.165) is 194 Å². The molecule has 0 amide bonds. The van der Waals surface area contributed by atoms with E-state index in [2.05, 4.69) is 144 Å². The number of anilines is 5. The van der Waals surface area contributed by atoms with Crippen LogP contribution in [0.2, 0.25) is 0 Å². The Kier molecular flexibility index (Phi) is 26.3. The molecule has 10 aliphatic carbocycles. The molecule has 620 valence electrons. The van der Waals surface area contributed by atoms with Crippen molar-refractivity contribution in [3.8, 4) is 0 Å². The SMILES string of the molecule is CC1(C)CCc2sc3ncnc(NC4CCC(N)CC4)c3c2C1.CC1CCc2sc3ncnc(NC4CCC(N)CC4)c3c2C1.CC1CCc2sc3ncnc(NC4CCC(O)CC4)c3c2C1.CCC1CCc2c(sc3ncnc(NC4CCC(N)CC4)c23)C1.CN(C)C1CCC(Nc2ncnc3sc4c(c23)CC(C)(C)CC4)CC1. The summed E-state index contributed by atoms with van der Waals surface area (Å²) in [5, 5.41) is 34.7. The van der Waals surface area contributed by atoms with E-state index in [4.69, 9.17) is 17.2 Å². The second-order valence-corrected chi connectivity index (χ2v) is 43.4. The molecule has 0 radical (unpaired) electrons. The normalized spacial score (nSPS) is 27.5. The van der Waals surface area contributed by atoms with Gasteiger partial charge in [0.15, 0.2) is 0 Å². The summed E-state index contributed by atoms with van der Waals surface area (Å²) in [6.45, 7) is 16.5. The molecule has 10 aromatic rings. The van der Waals surface area contributed by atoms with Crippen LogP contribution in [0, 0.1) is 28.6 Å². The van der Waals surface area contributed by atoms with Crippen LogP contribution < -0.4 is 43.8 Å². The largest absolute Gasteiger partial charge is 0.393 e. The Hall–Kier alpha value is -6.00. The molecular formula is C90H129N19OS5. The zero-order valence-corrected chi connectivity index (χ0v) is 74.1. The fourth-order valence-electron chi connectivity index (χ4n) is 20.2. The van der Waals surface area contributed by atoms with Gasteiger partial charge in [-0.15, -0.1) is 56.7 Å². The van der Waals surface area contributed by atoms with Crippen molar-refractivity contribution in [3.63, 3.8) is 0 Å². The number of hydrogen-bond donors (Lipinski definition) is 9. The molecule has 3 unspecified atom stereocenters. The summed E-state index contributed by atoms with van der Waals surface area (Å²) < 4.78 is 0. The average Bonchev–Trinajstić information content (AvgIpc) is 1.65. The van der Waals surface area contributed by atoms with Crippen LogP contribution in [0.5, 0.6) is 0 Å². The number of nitrogens with two attached hydrogens (primary N) is 3. The predicted molar refractivity (Wildman–Crippen MR) is 484 cm³/mol. The molecule has 0 spiro atoms. The van der Waals surface area contributed by atoms with Crippen LogP contribution in [0.15, 0.2) is 31.6 Å². The van der Waals surface area contributed by atoms with E-state index in [1.165, 1.54) is 188 Å². The summed E-state index contributed by atoms with van der Waals surface area (Å²) >= 11 is 9.35. The molecule has 115 heavy (non-hydrogen) atoms. The van der Waals surface area contributed by atoms with Crippen molar-refractivity contribution >= 4 is 137 Å². The van der Waals surface area contributed by atoms with Crippen LogP contribution in [0.25, 0.3) is 51.1 Å². The van der Waals surface area contributed by atoms with Crippen LogP contribution in [-0.2, 0) is 64.2 Å². The highest BCUT2D eigenvalue weighted by atomic mass is 32.1. The van der Waals surface area contributed by atoms with Crippen LogP contribution in [0.3, 0.4) is 0 Å². The third kappa shape index (κ3) is 19.6. The molecule has 20 rings (SSSR count). The monoisotopic (exact) mass is 1650 g/mol. The van der Waals surface area contributed by atoms with Crippen LogP contribution >= 0.6 is 56.7 Å². The summed E-state index contributed by atoms with van der Waals surface area (Å²) in [4.78, 5) is 61.5. The number of thiophene rings is 5. The Balaban J connectivity index is 0.000000108. The van der Waals surface area contributed by atoms with E-state index < -0.39 is 0 Å². The van der Waals surface area contributed by atoms with E-state index in [0.29, 0.717) is 59.2 Å². The first-order valence-electron chi connectivity index (χ1n) is 44.3. The predicted octanol–water partition coefficient (Wildman–Crippen LogP) is 19.3. The maximum absolute atomic E-state index is 9.67. The summed E-state index contributed by atoms with van der Waals surface area (Å²) in [5.41, 5.74) is 26.4. The van der Waals surface area contributed by atoms with Crippen LogP contribution in [0.1, 0.15) is 268 Å². The van der Waals surface area contributed by atoms with Gasteiger partial charge >= 0.3 is 0 Å². The summed E-state index contributed by atoms with van der Waals surface area (Å²) in [5.74, 6) is 7.62. The van der Waals surface area contributed by atoms with Crippen LogP contribution in [0.4, 0.5) is 29.1 Å². The van der Waals surface area contributed by atoms with Crippen molar-refractivity contribution in [1.29, 1.82) is 0 Å². The smallest absolute Gasteiger partial charge is 0.138 e. The van der Waals surface area contributed by atoms with E-state index in [1.807, 2.05) is 56.7 Å². The van der Waals surface area contributed by atoms with Crippen molar-refractivity contribution in [2.24, 2.45) is 45.8 Å². The molecule has 0 saturated heterocycles. The number of aryl methyl sites for hydroxylation is 5. The topological polar surface area (TPSA) is 291 Å². The van der Waals surface area contributed by atoms with E-state index in [9.17, 15) is 5.11 Å². The number of hydrogen-bond acceptors (Lipinski definition) is 25. The highest BCUT2D eigenvalue weighted by molar-refractivity contribution is 7.20. The van der Waals surface area contributed by atoms with Gasteiger partial charge in [0.05, 0.1) is 33.0 Å². The number of rotatable bonds is 12. The van der Waals surface area contributed by atoms with E-state index in [-0.39, 0.29) is 6.10 Å². The molecule has 10 aromatic heterocycles. The third-order valence-corrected chi connectivity index (χ3v) is 33.5. The number of fused-ring (bicyclic) bond motifs is 15. The lowest BCUT2D eigenvalue weighted by Gasteiger charge is -2.33. The number of nitrogens with zero attached hydrogens (tertiary/aromatic N) is 11. The number of aliphatic hydroxyl groups is 1. The van der Waals surface area contributed by atoms with Gasteiger partial charge in [0.1, 0.15) is 84.9 Å². The number of nitrogens with one attached hydrogen (secondary N) is 5. The first-order valence-corrected chi connectivity index (χ1v) is 48.4. The standard InChI is InChI=1S/C20H30N4S.2C18H26N4S.C17H24N4S.C17H23N3OS/c1-20(2)10-9-16-15(11-20)17-18(21-12-22-19(17)25-16)23-13-5-7-14(8-6-13)24(3)4;1-18(2)8-7-14-13(9-18)15-16(20-10-21-17(15)23-14)22-12-5-3-11(19)4-6-12;1-2-11-3-8-14-15(9-11)23-18-16(14)17(20-10-21-18)22-13-6-4-12(19)5-7-13;1-10-2-7-14-13(8-10)15-16(19-9-20-17(15)22-14)21-12-5-3-11(18)4-6-12;1-10-2-7-14-13(8-10)15-16(18-9-19-17(15)22-14)20-11-3-5-12(21)6-4-11/h12-14H,5-11H2,1-4H3,(H,21,22,23);10-12H,3-9,19H2,1-2H3,(H,20,21,22);10-13H,2-9,19H2,1H3,(H,20,21,22);9-12H,2-8,18H2,1H3,(H,19,20,21);9-12,21H,2-8H2,1H3,(H,18,19,20). The van der Waals surface area contributed by atoms with Gasteiger partial charge in [-0.1, -0.05) is 54.9 Å². The summed E-state index contributed by atoms with van der Waals surface area (Å²) in [7, 11) is 4.40. The quantitative estimate of drug-likeness (QED) is 0.0549. The second-order valence-electron chi connectivity index (χ2n) is 38.0. The van der Waals surface area contributed by atoms with Gasteiger partial charge < -0.3 is 53.8 Å². The highest BCUT2D eigenvalue weighted by Crippen LogP contribution is 2.49. The Morgan fingerprint density at radius 1 is 0.365 bits per heavy atom. The highest BCUT2D eigenvalue weighted by Gasteiger charge is 2.36. The fraction of sp³-hybridized carbons (Fsp3) is 0.667. The van der Waals surface area contributed by atoms with Crippen molar-refractivity contribution in [2.45, 2.75) is 340 Å². The molecule has 0 aliphatic heterocycles. The number of aromatic nitrogens is 10. The van der Waals surface area contributed by atoms with Crippen molar-refractivity contribution in [1.82, 2.24) is 54.7 Å². The molecule has 5 saturated carbocycles. The zero-order chi connectivity index (χ0) is 79.7. The van der Waals surface area contributed by atoms with Gasteiger partial charge in [0.25, 0.3) is 0 Å². The Morgan fingerprint density at radius 3 is 1.01 bits per heavy atom. The first-order chi connectivity index (χ1) is 55.6. The maximum Gasteiger partial charge on any atom is 0.138 e. The molecular weight excluding hydrogens is 1520 g/mol. The van der Waals surface area contributed by atoms with E-state index in [1.54, 1.807) is 36.5 Å². The Bertz CT molecular complexity index is 4810. The molecule has 20 nitrogen and oxygen atoms in total. The fourth-order valence-corrected chi connectivity index (χ4v) is 26.2. The number of aliphatic hydroxyl groups excluding tert-OH is 1. The Morgan fingerprint density at radius 2 is 0.670 bits per heavy atom. The molecule has 0 aromatic carbocycles. The van der Waals surface area contributed by atoms with Gasteiger partial charge in [-0.25, -0.2) is 49.8 Å². The second kappa shape index (κ2) is 36.5. The average molecular weight is 1650 g/mol. The molecule has 3 atom stereocenters. The van der Waals surface area contributed by atoms with Crippen molar-refractivity contribution in [3.05, 3.63) is 83.8 Å².